The van der Waals surface area contributed by atoms with Crippen LogP contribution in [-0.4, -0.2) is 51.6 Å². The van der Waals surface area contributed by atoms with Crippen LogP contribution >= 0.6 is 0 Å². The number of rotatable bonds is 3. The Morgan fingerprint density at radius 3 is 2.43 bits per heavy atom. The van der Waals surface area contributed by atoms with E-state index in [0.29, 0.717) is 19.7 Å². The molecule has 0 unspecified atom stereocenters. The van der Waals surface area contributed by atoms with Gasteiger partial charge in [0.1, 0.15) is 0 Å². The van der Waals surface area contributed by atoms with Crippen molar-refractivity contribution < 1.29 is 22.7 Å². The topological polar surface area (TPSA) is 72.9 Å². The lowest BCUT2D eigenvalue weighted by molar-refractivity contribution is -0.238. The van der Waals surface area contributed by atoms with Crippen molar-refractivity contribution in [3.05, 3.63) is 29.8 Å². The molecule has 2 heterocycles. The Morgan fingerprint density at radius 1 is 1.33 bits per heavy atom. The van der Waals surface area contributed by atoms with Crippen molar-refractivity contribution in [1.82, 2.24) is 4.31 Å². The molecule has 0 bridgehead atoms. The lowest BCUT2D eigenvalue weighted by atomic mass is 9.73. The zero-order valence-electron chi connectivity index (χ0n) is 11.9. The molecule has 0 radical (unpaired) electrons. The van der Waals surface area contributed by atoms with Gasteiger partial charge in [0.05, 0.1) is 24.0 Å². The standard InChI is InChI=1S/C14H17NO5S/c1-10-3-5-11(6-4-10)21(17,18)15-7-14(8-15)9-20-12(14)13(16)19-2/h3-6,12H,7-9H2,1-2H3/t12-/m1/s1. The molecule has 114 valence electrons. The predicted molar refractivity (Wildman–Crippen MR) is 74.1 cm³/mol. The van der Waals surface area contributed by atoms with Crippen LogP contribution in [0.5, 0.6) is 0 Å². The monoisotopic (exact) mass is 311 g/mol. The first kappa shape index (κ1) is 14.5. The second kappa shape index (κ2) is 4.79. The molecule has 2 saturated heterocycles. The highest BCUT2D eigenvalue weighted by Gasteiger charge is 2.62. The van der Waals surface area contributed by atoms with E-state index in [-0.39, 0.29) is 4.90 Å². The number of sulfonamides is 1. The van der Waals surface area contributed by atoms with Crippen LogP contribution in [0.3, 0.4) is 0 Å². The van der Waals surface area contributed by atoms with Crippen molar-refractivity contribution in [3.63, 3.8) is 0 Å². The molecular weight excluding hydrogens is 294 g/mol. The van der Waals surface area contributed by atoms with Crippen LogP contribution in [-0.2, 0) is 24.3 Å². The number of carbonyl (C=O) groups is 1. The van der Waals surface area contributed by atoms with Gasteiger partial charge in [-0.3, -0.25) is 0 Å². The lowest BCUT2D eigenvalue weighted by Crippen LogP contribution is -2.73. The molecule has 0 N–H and O–H groups in total. The average Bonchev–Trinajstić information content (AvgIpc) is 2.36. The number of methoxy groups -OCH3 is 1. The van der Waals surface area contributed by atoms with E-state index in [1.165, 1.54) is 11.4 Å². The normalized spacial score (nSPS) is 24.2. The summed E-state index contributed by atoms with van der Waals surface area (Å²) in [7, 11) is -2.19. The maximum absolute atomic E-state index is 12.5. The SMILES string of the molecule is COC(=O)[C@H]1OCC12CN(S(=O)(=O)c1ccc(C)cc1)C2. The number of hydrogen-bond acceptors (Lipinski definition) is 5. The Balaban J connectivity index is 1.74. The third-order valence-electron chi connectivity index (χ3n) is 4.15. The third-order valence-corrected chi connectivity index (χ3v) is 5.96. The van der Waals surface area contributed by atoms with Crippen LogP contribution in [0.25, 0.3) is 0 Å². The highest BCUT2D eigenvalue weighted by Crippen LogP contribution is 2.45. The maximum atomic E-state index is 12.5. The van der Waals surface area contributed by atoms with Gasteiger partial charge in [0.25, 0.3) is 0 Å². The van der Waals surface area contributed by atoms with Crippen LogP contribution in [0, 0.1) is 12.3 Å². The first-order valence-corrected chi connectivity index (χ1v) is 8.09. The molecule has 3 rings (SSSR count). The lowest BCUT2D eigenvalue weighted by Gasteiger charge is -2.57. The number of ether oxygens (including phenoxy) is 2. The minimum atomic E-state index is -3.50. The smallest absolute Gasteiger partial charge is 0.335 e. The Labute approximate surface area is 123 Å². The summed E-state index contributed by atoms with van der Waals surface area (Å²) in [6.07, 6.45) is -0.646. The number of esters is 1. The van der Waals surface area contributed by atoms with Gasteiger partial charge in [-0.2, -0.15) is 4.31 Å². The Kier molecular flexibility index (Phi) is 3.31. The molecular formula is C14H17NO5S. The molecule has 2 aliphatic rings. The number of carbonyl (C=O) groups excluding carboxylic acids is 1. The molecule has 2 fully saturated rings. The maximum Gasteiger partial charge on any atom is 0.335 e. The van der Waals surface area contributed by atoms with Crippen molar-refractivity contribution in [2.75, 3.05) is 26.8 Å². The van der Waals surface area contributed by atoms with E-state index in [0.717, 1.165) is 5.56 Å². The van der Waals surface area contributed by atoms with Gasteiger partial charge in [0, 0.05) is 13.1 Å². The zero-order chi connectivity index (χ0) is 15.3. The van der Waals surface area contributed by atoms with E-state index in [2.05, 4.69) is 4.74 Å². The second-order valence-corrected chi connectivity index (χ2v) is 7.60. The highest BCUT2D eigenvalue weighted by atomic mass is 32.2. The molecule has 0 saturated carbocycles. The van der Waals surface area contributed by atoms with Crippen molar-refractivity contribution in [2.45, 2.75) is 17.9 Å². The molecule has 2 aliphatic heterocycles. The quantitative estimate of drug-likeness (QED) is 0.763. The fourth-order valence-electron chi connectivity index (χ4n) is 2.77. The van der Waals surface area contributed by atoms with Crippen LogP contribution in [0.4, 0.5) is 0 Å². The molecule has 0 aliphatic carbocycles. The third kappa shape index (κ3) is 2.16. The van der Waals surface area contributed by atoms with E-state index in [1.54, 1.807) is 24.3 Å². The number of nitrogens with zero attached hydrogens (tertiary/aromatic N) is 1. The minimum absolute atomic E-state index is 0.276. The van der Waals surface area contributed by atoms with Crippen molar-refractivity contribution >= 4 is 16.0 Å². The predicted octanol–water partition coefficient (Wildman–Crippen LogP) is 0.558. The van der Waals surface area contributed by atoms with Gasteiger partial charge in [-0.1, -0.05) is 17.7 Å². The minimum Gasteiger partial charge on any atom is -0.467 e. The molecule has 1 aromatic carbocycles. The van der Waals surface area contributed by atoms with E-state index in [1.807, 2.05) is 6.92 Å². The zero-order valence-corrected chi connectivity index (χ0v) is 12.7. The highest BCUT2D eigenvalue weighted by molar-refractivity contribution is 7.89. The summed E-state index contributed by atoms with van der Waals surface area (Å²) in [5.74, 6) is -0.436. The number of hydrogen-bond donors (Lipinski definition) is 0. The Hall–Kier alpha value is -1.44. The van der Waals surface area contributed by atoms with Gasteiger partial charge in [-0.25, -0.2) is 13.2 Å². The number of benzene rings is 1. The van der Waals surface area contributed by atoms with Gasteiger partial charge in [-0.05, 0) is 19.1 Å². The first-order chi connectivity index (χ1) is 9.89. The van der Waals surface area contributed by atoms with Crippen molar-refractivity contribution in [1.29, 1.82) is 0 Å². The van der Waals surface area contributed by atoms with Crippen molar-refractivity contribution in [2.24, 2.45) is 5.41 Å². The summed E-state index contributed by atoms with van der Waals surface area (Å²) in [5, 5.41) is 0. The van der Waals surface area contributed by atoms with Gasteiger partial charge in [0.2, 0.25) is 10.0 Å². The fraction of sp³-hybridized carbons (Fsp3) is 0.500. The van der Waals surface area contributed by atoms with E-state index in [4.69, 9.17) is 4.74 Å². The average molecular weight is 311 g/mol. The van der Waals surface area contributed by atoms with Crippen LogP contribution < -0.4 is 0 Å². The molecule has 21 heavy (non-hydrogen) atoms. The fourth-order valence-corrected chi connectivity index (χ4v) is 4.40. The summed E-state index contributed by atoms with van der Waals surface area (Å²) in [5.41, 5.74) is 0.595. The molecule has 0 aromatic heterocycles. The summed E-state index contributed by atoms with van der Waals surface area (Å²) in [4.78, 5) is 11.8. The van der Waals surface area contributed by atoms with E-state index in [9.17, 15) is 13.2 Å². The number of aryl methyl sites for hydroxylation is 1. The summed E-state index contributed by atoms with van der Waals surface area (Å²) in [6, 6.07) is 6.74. The van der Waals surface area contributed by atoms with Gasteiger partial charge < -0.3 is 9.47 Å². The van der Waals surface area contributed by atoms with Crippen LogP contribution in [0.1, 0.15) is 5.56 Å². The summed E-state index contributed by atoms with van der Waals surface area (Å²) < 4.78 is 36.2. The molecule has 1 atom stereocenters. The van der Waals surface area contributed by atoms with E-state index >= 15 is 0 Å². The molecule has 0 amide bonds. The van der Waals surface area contributed by atoms with Crippen LogP contribution in [0.15, 0.2) is 29.2 Å². The first-order valence-electron chi connectivity index (χ1n) is 6.65. The second-order valence-electron chi connectivity index (χ2n) is 5.66. The Bertz CT molecular complexity index is 661. The molecule has 6 nitrogen and oxygen atoms in total. The molecule has 1 spiro atoms. The molecule has 7 heteroatoms. The molecule has 1 aromatic rings. The summed E-state index contributed by atoms with van der Waals surface area (Å²) >= 11 is 0. The van der Waals surface area contributed by atoms with Gasteiger partial charge in [-0.15, -0.1) is 0 Å². The van der Waals surface area contributed by atoms with Gasteiger partial charge >= 0.3 is 5.97 Å². The van der Waals surface area contributed by atoms with E-state index < -0.39 is 27.5 Å². The largest absolute Gasteiger partial charge is 0.467 e. The van der Waals surface area contributed by atoms with Crippen molar-refractivity contribution in [3.8, 4) is 0 Å². The Morgan fingerprint density at radius 2 is 1.95 bits per heavy atom. The summed E-state index contributed by atoms with van der Waals surface area (Å²) in [6.45, 7) is 2.89. The van der Waals surface area contributed by atoms with Crippen LogP contribution in [0.2, 0.25) is 0 Å². The van der Waals surface area contributed by atoms with Gasteiger partial charge in [0.15, 0.2) is 6.10 Å².